The third-order valence-electron chi connectivity index (χ3n) is 1.96. The highest BCUT2D eigenvalue weighted by Gasteiger charge is 1.99. The van der Waals surface area contributed by atoms with E-state index >= 15 is 0 Å². The Morgan fingerprint density at radius 1 is 1.31 bits per heavy atom. The molecule has 0 radical (unpaired) electrons. The van der Waals surface area contributed by atoms with Gasteiger partial charge in [0.15, 0.2) is 0 Å². The van der Waals surface area contributed by atoms with Crippen molar-refractivity contribution >= 4 is 23.2 Å². The summed E-state index contributed by atoms with van der Waals surface area (Å²) in [6.07, 6.45) is 1.59. The van der Waals surface area contributed by atoms with Crippen molar-refractivity contribution in [3.8, 4) is 0 Å². The van der Waals surface area contributed by atoms with E-state index in [1.54, 1.807) is 24.4 Å². The van der Waals surface area contributed by atoms with Gasteiger partial charge in [0.25, 0.3) is 0 Å². The molecule has 0 atom stereocenters. The highest BCUT2D eigenvalue weighted by molar-refractivity contribution is 6.30. The van der Waals surface area contributed by atoms with Crippen LogP contribution in [0.1, 0.15) is 5.69 Å². The molecule has 2 rings (SSSR count). The van der Waals surface area contributed by atoms with E-state index in [-0.39, 0.29) is 6.61 Å². The summed E-state index contributed by atoms with van der Waals surface area (Å²) in [5, 5.41) is 12.6. The van der Waals surface area contributed by atoms with E-state index in [0.717, 1.165) is 5.69 Å². The van der Waals surface area contributed by atoms with Crippen molar-refractivity contribution < 1.29 is 5.11 Å². The molecule has 2 N–H and O–H groups in total. The van der Waals surface area contributed by atoms with Gasteiger partial charge in [-0.3, -0.25) is 0 Å². The summed E-state index contributed by atoms with van der Waals surface area (Å²) in [6, 6.07) is 8.92. The molecular weight excluding hydrogens is 226 g/mol. The monoisotopic (exact) mass is 235 g/mol. The molecule has 0 aliphatic rings. The van der Waals surface area contributed by atoms with Crippen LogP contribution in [0.5, 0.6) is 0 Å². The average Bonchev–Trinajstić information content (AvgIpc) is 2.29. The number of hydrogen-bond donors (Lipinski definition) is 2. The molecule has 0 bridgehead atoms. The lowest BCUT2D eigenvalue weighted by Gasteiger charge is -2.05. The second-order valence-corrected chi connectivity index (χ2v) is 3.60. The number of aliphatic hydroxyl groups is 1. The number of aliphatic hydroxyl groups excluding tert-OH is 1. The Kier molecular flexibility index (Phi) is 3.34. The van der Waals surface area contributed by atoms with E-state index in [0.29, 0.717) is 16.7 Å². The number of nitrogens with zero attached hydrogens (tertiary/aromatic N) is 2. The first-order valence-corrected chi connectivity index (χ1v) is 5.11. The van der Waals surface area contributed by atoms with Gasteiger partial charge in [-0.15, -0.1) is 0 Å². The van der Waals surface area contributed by atoms with Gasteiger partial charge in [-0.05, 0) is 24.3 Å². The Bertz CT molecular complexity index is 490. The lowest BCUT2D eigenvalue weighted by molar-refractivity contribution is 0.277. The summed E-state index contributed by atoms with van der Waals surface area (Å²) >= 11 is 5.85. The molecule has 0 saturated carbocycles. The summed E-state index contributed by atoms with van der Waals surface area (Å²) in [6.45, 7) is -0.104. The Morgan fingerprint density at radius 3 is 2.94 bits per heavy atom. The third kappa shape index (κ3) is 2.68. The SMILES string of the molecule is OCc1ccnc(Nc2cccc(Cl)c2)n1. The van der Waals surface area contributed by atoms with E-state index in [9.17, 15) is 0 Å². The van der Waals surface area contributed by atoms with Gasteiger partial charge in [-0.1, -0.05) is 17.7 Å². The van der Waals surface area contributed by atoms with Gasteiger partial charge in [0.05, 0.1) is 12.3 Å². The largest absolute Gasteiger partial charge is 0.390 e. The Morgan fingerprint density at radius 2 is 2.19 bits per heavy atom. The predicted molar refractivity (Wildman–Crippen MR) is 62.7 cm³/mol. The number of nitrogens with one attached hydrogen (secondary N) is 1. The minimum atomic E-state index is -0.104. The molecule has 1 heterocycles. The van der Waals surface area contributed by atoms with Crippen LogP contribution in [0.2, 0.25) is 5.02 Å². The van der Waals surface area contributed by atoms with Crippen LogP contribution in [0.3, 0.4) is 0 Å². The van der Waals surface area contributed by atoms with Gasteiger partial charge in [-0.2, -0.15) is 0 Å². The molecule has 0 saturated heterocycles. The molecule has 0 spiro atoms. The van der Waals surface area contributed by atoms with Crippen molar-refractivity contribution in [3.63, 3.8) is 0 Å². The second-order valence-electron chi connectivity index (χ2n) is 3.17. The lowest BCUT2D eigenvalue weighted by Crippen LogP contribution is -1.99. The Balaban J connectivity index is 2.20. The molecule has 0 unspecified atom stereocenters. The fourth-order valence-electron chi connectivity index (χ4n) is 1.24. The highest BCUT2D eigenvalue weighted by Crippen LogP contribution is 2.17. The maximum atomic E-state index is 8.93. The minimum Gasteiger partial charge on any atom is -0.390 e. The standard InChI is InChI=1S/C11H10ClN3O/c12-8-2-1-3-9(6-8)14-11-13-5-4-10(7-16)15-11/h1-6,16H,7H2,(H,13,14,15). The Labute approximate surface area is 97.9 Å². The van der Waals surface area contributed by atoms with Crippen molar-refractivity contribution in [2.75, 3.05) is 5.32 Å². The van der Waals surface area contributed by atoms with Crippen molar-refractivity contribution in [1.82, 2.24) is 9.97 Å². The number of aromatic nitrogens is 2. The zero-order chi connectivity index (χ0) is 11.4. The van der Waals surface area contributed by atoms with Crippen molar-refractivity contribution in [3.05, 3.63) is 47.2 Å². The molecule has 5 heteroatoms. The first-order valence-electron chi connectivity index (χ1n) is 4.73. The molecule has 0 aliphatic heterocycles. The average molecular weight is 236 g/mol. The van der Waals surface area contributed by atoms with Crippen LogP contribution in [0.4, 0.5) is 11.6 Å². The molecule has 2 aromatic rings. The number of rotatable bonds is 3. The van der Waals surface area contributed by atoms with Gasteiger partial charge < -0.3 is 10.4 Å². The molecule has 0 aliphatic carbocycles. The smallest absolute Gasteiger partial charge is 0.227 e. The van der Waals surface area contributed by atoms with E-state index in [1.807, 2.05) is 12.1 Å². The molecule has 1 aromatic carbocycles. The van der Waals surface area contributed by atoms with Crippen LogP contribution < -0.4 is 5.32 Å². The molecule has 0 fully saturated rings. The second kappa shape index (κ2) is 4.92. The summed E-state index contributed by atoms with van der Waals surface area (Å²) in [7, 11) is 0. The summed E-state index contributed by atoms with van der Waals surface area (Å²) < 4.78 is 0. The van der Waals surface area contributed by atoms with Gasteiger partial charge in [0, 0.05) is 16.9 Å². The van der Waals surface area contributed by atoms with Gasteiger partial charge in [0.2, 0.25) is 5.95 Å². The van der Waals surface area contributed by atoms with Crippen LogP contribution in [-0.4, -0.2) is 15.1 Å². The quantitative estimate of drug-likeness (QED) is 0.858. The summed E-state index contributed by atoms with van der Waals surface area (Å²) in [5.74, 6) is 0.439. The number of benzene rings is 1. The fourth-order valence-corrected chi connectivity index (χ4v) is 1.43. The predicted octanol–water partition coefficient (Wildman–Crippen LogP) is 2.37. The maximum Gasteiger partial charge on any atom is 0.227 e. The molecule has 1 aromatic heterocycles. The van der Waals surface area contributed by atoms with Crippen LogP contribution in [0.15, 0.2) is 36.5 Å². The minimum absolute atomic E-state index is 0.104. The number of anilines is 2. The van der Waals surface area contributed by atoms with Crippen LogP contribution in [0.25, 0.3) is 0 Å². The molecule has 0 amide bonds. The van der Waals surface area contributed by atoms with Crippen molar-refractivity contribution in [2.45, 2.75) is 6.61 Å². The third-order valence-corrected chi connectivity index (χ3v) is 2.19. The number of halogens is 1. The number of hydrogen-bond acceptors (Lipinski definition) is 4. The van der Waals surface area contributed by atoms with E-state index in [4.69, 9.17) is 16.7 Å². The summed E-state index contributed by atoms with van der Waals surface area (Å²) in [4.78, 5) is 8.14. The van der Waals surface area contributed by atoms with Gasteiger partial charge in [-0.25, -0.2) is 9.97 Å². The Hall–Kier alpha value is -1.65. The van der Waals surface area contributed by atoms with Crippen molar-refractivity contribution in [1.29, 1.82) is 0 Å². The van der Waals surface area contributed by atoms with Gasteiger partial charge in [0.1, 0.15) is 0 Å². The summed E-state index contributed by atoms with van der Waals surface area (Å²) in [5.41, 5.74) is 1.38. The van der Waals surface area contributed by atoms with Crippen LogP contribution in [-0.2, 0) is 6.61 Å². The van der Waals surface area contributed by atoms with E-state index in [1.165, 1.54) is 0 Å². The topological polar surface area (TPSA) is 58.0 Å². The first kappa shape index (κ1) is 10.9. The molecule has 4 nitrogen and oxygen atoms in total. The van der Waals surface area contributed by atoms with Crippen LogP contribution in [0, 0.1) is 0 Å². The van der Waals surface area contributed by atoms with Crippen molar-refractivity contribution in [2.24, 2.45) is 0 Å². The zero-order valence-corrected chi connectivity index (χ0v) is 9.15. The van der Waals surface area contributed by atoms with Crippen LogP contribution >= 0.6 is 11.6 Å². The highest BCUT2D eigenvalue weighted by atomic mass is 35.5. The fraction of sp³-hybridized carbons (Fsp3) is 0.0909. The van der Waals surface area contributed by atoms with E-state index < -0.39 is 0 Å². The molecule has 16 heavy (non-hydrogen) atoms. The zero-order valence-electron chi connectivity index (χ0n) is 8.39. The van der Waals surface area contributed by atoms with Gasteiger partial charge >= 0.3 is 0 Å². The first-order chi connectivity index (χ1) is 7.78. The van der Waals surface area contributed by atoms with E-state index in [2.05, 4.69) is 15.3 Å². The maximum absolute atomic E-state index is 8.93. The molecular formula is C11H10ClN3O. The lowest BCUT2D eigenvalue weighted by atomic mass is 10.3. The molecule has 82 valence electrons. The normalized spacial score (nSPS) is 10.1.